The fourth-order valence-corrected chi connectivity index (χ4v) is 8.95. The molecule has 4 unspecified atom stereocenters. The van der Waals surface area contributed by atoms with E-state index in [9.17, 15) is 14.9 Å². The average Bonchev–Trinajstić information content (AvgIpc) is 3.44. The Kier molecular flexibility index (Phi) is 6.59. The van der Waals surface area contributed by atoms with E-state index in [1.165, 1.54) is 6.07 Å². The van der Waals surface area contributed by atoms with Crippen LogP contribution >= 0.6 is 0 Å². The number of nitrogens with zero attached hydrogens (tertiary/aromatic N) is 3. The molecule has 2 N–H and O–H groups in total. The summed E-state index contributed by atoms with van der Waals surface area (Å²) >= 11 is -0.695. The summed E-state index contributed by atoms with van der Waals surface area (Å²) in [5, 5.41) is 24.9. The lowest BCUT2D eigenvalue weighted by molar-refractivity contribution is -0.115. The Labute approximate surface area is 213 Å². The minimum atomic E-state index is -1.26. The van der Waals surface area contributed by atoms with E-state index in [1.807, 2.05) is 6.07 Å². The summed E-state index contributed by atoms with van der Waals surface area (Å²) in [7, 11) is 1.66. The molecular weight excluding hydrogens is 481 g/mol. The molecule has 0 radical (unpaired) electrons. The molecule has 3 heterocycles. The Balaban J connectivity index is 1.54. The Hall–Kier alpha value is -2.50. The van der Waals surface area contributed by atoms with Gasteiger partial charge in [-0.2, -0.15) is 10.5 Å². The average molecular weight is 513 g/mol. The maximum Gasteiger partial charge on any atom is 0.250 e. The highest BCUT2D eigenvalue weighted by Crippen LogP contribution is 2.58. The molecule has 1 aliphatic carbocycles. The topological polar surface area (TPSA) is 118 Å². The van der Waals surface area contributed by atoms with Gasteiger partial charge >= 0.3 is 0 Å². The molecule has 1 aromatic rings. The lowest BCUT2D eigenvalue weighted by Crippen LogP contribution is -2.48. The second kappa shape index (κ2) is 9.42. The van der Waals surface area contributed by atoms with Crippen molar-refractivity contribution in [3.63, 3.8) is 0 Å². The van der Waals surface area contributed by atoms with E-state index in [0.29, 0.717) is 35.4 Å². The number of fused-ring (bicyclic) bond motifs is 3. The van der Waals surface area contributed by atoms with Gasteiger partial charge < -0.3 is 15.4 Å². The van der Waals surface area contributed by atoms with Crippen molar-refractivity contribution >= 4 is 28.3 Å². The van der Waals surface area contributed by atoms with Crippen LogP contribution < -0.4 is 10.6 Å². The van der Waals surface area contributed by atoms with Crippen LogP contribution in [0.15, 0.2) is 11.0 Å². The zero-order chi connectivity index (χ0) is 25.8. The van der Waals surface area contributed by atoms with Gasteiger partial charge in [-0.05, 0) is 51.0 Å². The minimum Gasteiger partial charge on any atom is -0.362 e. The molecule has 0 aromatic heterocycles. The van der Waals surface area contributed by atoms with Crippen molar-refractivity contribution in [1.29, 1.82) is 10.5 Å². The van der Waals surface area contributed by atoms with Crippen molar-refractivity contribution in [1.82, 2.24) is 9.62 Å². The van der Waals surface area contributed by atoms with Crippen molar-refractivity contribution in [2.75, 3.05) is 32.1 Å². The molecule has 1 aromatic carbocycles. The largest absolute Gasteiger partial charge is 0.362 e. The van der Waals surface area contributed by atoms with Gasteiger partial charge in [0, 0.05) is 44.3 Å². The minimum absolute atomic E-state index is 0.0239. The third kappa shape index (κ3) is 4.01. The van der Waals surface area contributed by atoms with E-state index in [2.05, 4.69) is 34.9 Å². The highest BCUT2D eigenvalue weighted by Gasteiger charge is 2.62. The first kappa shape index (κ1) is 25.2. The van der Waals surface area contributed by atoms with Crippen molar-refractivity contribution in [3.05, 3.63) is 23.0 Å². The normalized spacial score (nSPS) is 29.9. The Morgan fingerprint density at radius 1 is 1.31 bits per heavy atom. The lowest BCUT2D eigenvalue weighted by Gasteiger charge is -2.32. The highest BCUT2D eigenvalue weighted by atomic mass is 32.2. The summed E-state index contributed by atoms with van der Waals surface area (Å²) in [4.78, 5) is 25.7. The van der Waals surface area contributed by atoms with E-state index < -0.39 is 34.5 Å². The summed E-state index contributed by atoms with van der Waals surface area (Å²) < 4.78 is 24.3. The van der Waals surface area contributed by atoms with Crippen molar-refractivity contribution in [3.8, 4) is 12.1 Å². The van der Waals surface area contributed by atoms with Gasteiger partial charge in [0.05, 0.1) is 29.3 Å². The van der Waals surface area contributed by atoms with E-state index in [0.717, 1.165) is 37.9 Å². The summed E-state index contributed by atoms with van der Waals surface area (Å²) in [5.74, 6) is -1.61. The molecule has 8 nitrogen and oxygen atoms in total. The van der Waals surface area contributed by atoms with Gasteiger partial charge in [0.15, 0.2) is 11.9 Å². The Bertz CT molecular complexity index is 1190. The third-order valence-corrected chi connectivity index (χ3v) is 10.8. The van der Waals surface area contributed by atoms with Crippen LogP contribution in [0.5, 0.6) is 0 Å². The Morgan fingerprint density at radius 3 is 2.69 bits per heavy atom. The van der Waals surface area contributed by atoms with Crippen LogP contribution in [-0.2, 0) is 20.6 Å². The van der Waals surface area contributed by atoms with E-state index in [4.69, 9.17) is 10.00 Å². The van der Waals surface area contributed by atoms with Gasteiger partial charge in [0.1, 0.15) is 11.1 Å². The number of ether oxygens (including phenoxy) is 1. The number of carbonyl (C=O) groups is 2. The summed E-state index contributed by atoms with van der Waals surface area (Å²) in [6.45, 7) is 6.47. The number of carbonyl (C=O) groups excluding carboxylic acids is 2. The summed E-state index contributed by atoms with van der Waals surface area (Å²) in [6.07, 6.45) is 3.38. The van der Waals surface area contributed by atoms with E-state index >= 15 is 4.39 Å². The number of nitriles is 2. The second-order valence-corrected chi connectivity index (χ2v) is 12.7. The van der Waals surface area contributed by atoms with Gasteiger partial charge in [-0.1, -0.05) is 0 Å². The molecule has 0 bridgehead atoms. The van der Waals surface area contributed by atoms with Gasteiger partial charge in [-0.25, -0.2) is 4.39 Å². The monoisotopic (exact) mass is 512 g/mol. The van der Waals surface area contributed by atoms with Crippen LogP contribution in [0.2, 0.25) is 0 Å². The molecule has 5 rings (SSSR count). The smallest absolute Gasteiger partial charge is 0.250 e. The Morgan fingerprint density at radius 2 is 2.06 bits per heavy atom. The molecular formula is C26H31FN5O3S+. The van der Waals surface area contributed by atoms with Crippen molar-refractivity contribution in [2.24, 2.45) is 11.8 Å². The molecule has 5 atom stereocenters. The number of methoxy groups -OCH3 is 1. The fourth-order valence-electron chi connectivity index (χ4n) is 5.98. The lowest BCUT2D eigenvalue weighted by atomic mass is 9.86. The van der Waals surface area contributed by atoms with Crippen molar-refractivity contribution < 1.29 is 18.7 Å². The number of rotatable bonds is 7. The molecule has 2 fully saturated rings. The first-order chi connectivity index (χ1) is 17.2. The zero-order valence-electron chi connectivity index (χ0n) is 20.8. The molecule has 36 heavy (non-hydrogen) atoms. The van der Waals surface area contributed by atoms with Gasteiger partial charge in [0.25, 0.3) is 5.44 Å². The number of halogens is 1. The number of anilines is 1. The molecule has 3 aliphatic heterocycles. The number of Topliss-reactive ketones (excluding diaryl/α,β-unsaturated/α-hetero) is 2. The van der Waals surface area contributed by atoms with E-state index in [-0.39, 0.29) is 22.5 Å². The molecule has 0 spiro atoms. The van der Waals surface area contributed by atoms with Crippen LogP contribution in [0.25, 0.3) is 0 Å². The maximum absolute atomic E-state index is 15.9. The van der Waals surface area contributed by atoms with Crippen LogP contribution in [0.3, 0.4) is 0 Å². The molecule has 0 amide bonds. The second-order valence-electron chi connectivity index (χ2n) is 10.6. The highest BCUT2D eigenvalue weighted by molar-refractivity contribution is 7.95. The molecule has 190 valence electrons. The number of benzene rings is 1. The quantitative estimate of drug-likeness (QED) is 0.325. The van der Waals surface area contributed by atoms with E-state index in [1.54, 1.807) is 7.11 Å². The van der Waals surface area contributed by atoms with Crippen LogP contribution in [0.1, 0.15) is 61.4 Å². The number of hydrogen-bond acceptors (Lipinski definition) is 8. The van der Waals surface area contributed by atoms with Crippen LogP contribution in [0.4, 0.5) is 10.1 Å². The third-order valence-electron chi connectivity index (χ3n) is 8.10. The summed E-state index contributed by atoms with van der Waals surface area (Å²) in [5.41, 5.74) is 0.732. The van der Waals surface area contributed by atoms with Crippen LogP contribution in [-0.4, -0.2) is 59.6 Å². The van der Waals surface area contributed by atoms with Gasteiger partial charge in [0.2, 0.25) is 16.5 Å². The molecule has 4 aliphatic rings. The van der Waals surface area contributed by atoms with Gasteiger partial charge in [-0.15, -0.1) is 4.31 Å². The predicted molar refractivity (Wildman–Crippen MR) is 133 cm³/mol. The maximum atomic E-state index is 15.9. The zero-order valence-corrected chi connectivity index (χ0v) is 21.6. The molecule has 10 heteroatoms. The fraction of sp³-hybridized carbons (Fsp3) is 0.615. The first-order valence-corrected chi connectivity index (χ1v) is 13.7. The van der Waals surface area contributed by atoms with Crippen LogP contribution in [0, 0.1) is 40.3 Å². The first-order valence-electron chi connectivity index (χ1n) is 12.5. The summed E-state index contributed by atoms with van der Waals surface area (Å²) in [6, 6.07) is 3.97. The predicted octanol–water partition coefficient (Wildman–Crippen LogP) is 2.87. The number of ketones is 2. The number of nitrogens with one attached hydrogen (secondary N) is 2. The standard InChI is InChI=1S/C26H30FN5O3S/c1-26(2,30-9-4-8-28)15-7-10-32(13-15)36-24-17(27)11-16-21(31-18(12-29)23(34)22(16)33)20(24)19(14-5-6-14)25(36)35-3/h11,14-15,18-19,25,30H,4-7,9-10,13H2,1-3H3/p+1/t15-,18?,19?,25?,36?/m1/s1. The van der Waals surface area contributed by atoms with Gasteiger partial charge in [-0.3, -0.25) is 9.59 Å². The SMILES string of the molecule is COC1C(C2CC2)c2c3c(cc(F)c2[S+]1N1CC[C@@H](C(C)(C)NCCC#N)C1)C(=O)C(=O)C(C#N)N3. The van der Waals surface area contributed by atoms with Crippen molar-refractivity contribution in [2.45, 2.75) is 67.4 Å². The number of hydrogen-bond donors (Lipinski definition) is 2. The molecule has 1 saturated heterocycles. The molecule has 1 saturated carbocycles.